The highest BCUT2D eigenvalue weighted by Gasteiger charge is 2.06. The zero-order valence-corrected chi connectivity index (χ0v) is 18.6. The zero-order chi connectivity index (χ0) is 20.9. The fourth-order valence-electron chi connectivity index (χ4n) is 3.83. The van der Waals surface area contributed by atoms with Crippen LogP contribution in [0.2, 0.25) is 0 Å². The molecule has 0 bridgehead atoms. The summed E-state index contributed by atoms with van der Waals surface area (Å²) in [5.74, 6) is 2.35. The second-order valence-corrected chi connectivity index (χ2v) is 7.31. The Morgan fingerprint density at radius 3 is 1.90 bits per heavy atom. The Balaban J connectivity index is 0.00000272. The van der Waals surface area contributed by atoms with Crippen molar-refractivity contribution in [2.75, 3.05) is 20.8 Å². The molecule has 160 valence electrons. The molecule has 31 heavy (non-hydrogen) atoms. The van der Waals surface area contributed by atoms with Gasteiger partial charge in [-0.05, 0) is 63.4 Å². The van der Waals surface area contributed by atoms with E-state index in [2.05, 4.69) is 65.7 Å². The smallest absolute Gasteiger partial charge is 0.119 e. The van der Waals surface area contributed by atoms with Crippen LogP contribution in [-0.4, -0.2) is 26.6 Å². The molecule has 0 spiro atoms. The first kappa shape index (κ1) is 22.4. The number of ether oxygens (including phenoxy) is 2. The van der Waals surface area contributed by atoms with Crippen LogP contribution in [0, 0.1) is 0 Å². The van der Waals surface area contributed by atoms with Crippen molar-refractivity contribution in [3.05, 3.63) is 83.9 Å². The van der Waals surface area contributed by atoms with E-state index in [9.17, 15) is 0 Å². The van der Waals surface area contributed by atoms with Crippen LogP contribution < -0.4 is 15.2 Å². The van der Waals surface area contributed by atoms with Gasteiger partial charge in [-0.1, -0.05) is 48.5 Å². The Morgan fingerprint density at radius 2 is 1.32 bits per heavy atom. The second-order valence-electron chi connectivity index (χ2n) is 7.31. The number of nitrogens with two attached hydrogens (primary N) is 1. The van der Waals surface area contributed by atoms with E-state index in [0.29, 0.717) is 18.8 Å². The molecule has 0 heterocycles. The quantitative estimate of drug-likeness (QED) is 0.305. The second kappa shape index (κ2) is 10.2. The average molecular weight is 435 g/mol. The zero-order valence-electron chi connectivity index (χ0n) is 17.8. The fraction of sp³-hybridized carbons (Fsp3) is 0.192. The maximum Gasteiger partial charge on any atom is 0.119 e. The van der Waals surface area contributed by atoms with Gasteiger partial charge in [0.05, 0.1) is 20.1 Å². The number of nitrogens with zero attached hydrogens (tertiary/aromatic N) is 1. The van der Waals surface area contributed by atoms with E-state index in [-0.39, 0.29) is 12.4 Å². The van der Waals surface area contributed by atoms with Crippen molar-refractivity contribution in [1.29, 1.82) is 0 Å². The number of aliphatic imine (C=N–C) groups is 1. The molecule has 0 saturated carbocycles. The minimum atomic E-state index is 0. The molecule has 0 aliphatic rings. The molecule has 4 nitrogen and oxygen atoms in total. The first-order valence-electron chi connectivity index (χ1n) is 10.1. The van der Waals surface area contributed by atoms with Crippen LogP contribution in [0.1, 0.15) is 11.1 Å². The van der Waals surface area contributed by atoms with E-state index in [1.165, 1.54) is 21.7 Å². The van der Waals surface area contributed by atoms with Gasteiger partial charge in [-0.2, -0.15) is 0 Å². The topological polar surface area (TPSA) is 56.8 Å². The Morgan fingerprint density at radius 1 is 0.774 bits per heavy atom. The van der Waals surface area contributed by atoms with Crippen molar-refractivity contribution in [3.8, 4) is 11.5 Å². The minimum absolute atomic E-state index is 0. The van der Waals surface area contributed by atoms with Crippen molar-refractivity contribution < 1.29 is 9.47 Å². The number of amidine groups is 1. The highest BCUT2D eigenvalue weighted by Crippen LogP contribution is 2.25. The van der Waals surface area contributed by atoms with Gasteiger partial charge in [-0.25, -0.2) is 0 Å². The number of hydrogen-bond donors (Lipinski definition) is 1. The predicted molar refractivity (Wildman–Crippen MR) is 132 cm³/mol. The van der Waals surface area contributed by atoms with Gasteiger partial charge >= 0.3 is 0 Å². The molecular weight excluding hydrogens is 408 g/mol. The Labute approximate surface area is 189 Å². The lowest BCUT2D eigenvalue weighted by atomic mass is 10.0. The summed E-state index contributed by atoms with van der Waals surface area (Å²) < 4.78 is 10.8. The van der Waals surface area contributed by atoms with Gasteiger partial charge in [0.15, 0.2) is 0 Å². The lowest BCUT2D eigenvalue weighted by molar-refractivity contribution is 0.415. The first-order chi connectivity index (χ1) is 14.7. The molecule has 0 radical (unpaired) electrons. The average Bonchev–Trinajstić information content (AvgIpc) is 2.78. The highest BCUT2D eigenvalue weighted by atomic mass is 35.5. The molecule has 5 heteroatoms. The van der Waals surface area contributed by atoms with Crippen LogP contribution in [0.5, 0.6) is 11.5 Å². The van der Waals surface area contributed by atoms with Crippen LogP contribution in [0.15, 0.2) is 77.8 Å². The van der Waals surface area contributed by atoms with Gasteiger partial charge in [0.1, 0.15) is 11.5 Å². The van der Waals surface area contributed by atoms with Crippen molar-refractivity contribution in [2.45, 2.75) is 12.8 Å². The lowest BCUT2D eigenvalue weighted by Crippen LogP contribution is -2.16. The van der Waals surface area contributed by atoms with Crippen LogP contribution in [-0.2, 0) is 12.8 Å². The first-order valence-corrected chi connectivity index (χ1v) is 10.1. The van der Waals surface area contributed by atoms with Gasteiger partial charge in [0.2, 0.25) is 0 Å². The number of halogens is 1. The third-order valence-corrected chi connectivity index (χ3v) is 5.43. The van der Waals surface area contributed by atoms with Crippen molar-refractivity contribution in [1.82, 2.24) is 0 Å². The predicted octanol–water partition coefficient (Wildman–Crippen LogP) is 5.57. The summed E-state index contributed by atoms with van der Waals surface area (Å²) in [5.41, 5.74) is 8.69. The number of hydrogen-bond acceptors (Lipinski definition) is 3. The molecule has 0 unspecified atom stereocenters. The molecule has 0 aliphatic heterocycles. The summed E-state index contributed by atoms with van der Waals surface area (Å²) in [7, 11) is 3.38. The normalized spacial score (nSPS) is 11.4. The van der Waals surface area contributed by atoms with Crippen molar-refractivity contribution >= 4 is 39.8 Å². The number of benzene rings is 4. The molecule has 0 atom stereocenters. The molecule has 0 aromatic heterocycles. The maximum absolute atomic E-state index is 6.29. The van der Waals surface area contributed by atoms with E-state index in [1.54, 1.807) is 14.2 Å². The summed E-state index contributed by atoms with van der Waals surface area (Å²) in [5, 5.41) is 4.73. The van der Waals surface area contributed by atoms with Crippen molar-refractivity contribution in [2.24, 2.45) is 10.7 Å². The lowest BCUT2D eigenvalue weighted by Gasteiger charge is -2.09. The summed E-state index contributed by atoms with van der Waals surface area (Å²) in [6.45, 7) is 0.649. The minimum Gasteiger partial charge on any atom is -0.497 e. The molecule has 2 N–H and O–H groups in total. The standard InChI is InChI=1S/C26H26N2O2.ClH/c1-29-22-11-9-18-5-3-7-20(24(18)16-22)13-14-28-26(27)15-21-8-4-6-19-10-12-23(30-2)17-25(19)21;/h3-12,16-17H,13-15H2,1-2H3,(H2,27,28);1H. The molecular formula is C26H27ClN2O2. The molecule has 4 rings (SSSR count). The summed E-state index contributed by atoms with van der Waals surface area (Å²) in [4.78, 5) is 4.65. The highest BCUT2D eigenvalue weighted by molar-refractivity contribution is 5.92. The summed E-state index contributed by atoms with van der Waals surface area (Å²) in [6, 6.07) is 24.9. The Bertz CT molecular complexity index is 1220. The van der Waals surface area contributed by atoms with Gasteiger partial charge in [0.25, 0.3) is 0 Å². The van der Waals surface area contributed by atoms with Gasteiger partial charge < -0.3 is 15.2 Å². The Kier molecular flexibility index (Phi) is 7.37. The van der Waals surface area contributed by atoms with Crippen LogP contribution >= 0.6 is 12.4 Å². The Hall–Kier alpha value is -3.24. The fourth-order valence-corrected chi connectivity index (χ4v) is 3.83. The van der Waals surface area contributed by atoms with Gasteiger partial charge in [-0.15, -0.1) is 12.4 Å². The summed E-state index contributed by atoms with van der Waals surface area (Å²) in [6.07, 6.45) is 1.45. The summed E-state index contributed by atoms with van der Waals surface area (Å²) >= 11 is 0. The molecule has 4 aromatic rings. The SMILES string of the molecule is COc1ccc2cccc(CCN=C(N)Cc3cccc4ccc(OC)cc34)c2c1.Cl. The van der Waals surface area contributed by atoms with Gasteiger partial charge in [0, 0.05) is 13.0 Å². The largest absolute Gasteiger partial charge is 0.497 e. The monoisotopic (exact) mass is 434 g/mol. The van der Waals surface area contributed by atoms with Crippen LogP contribution in [0.3, 0.4) is 0 Å². The maximum atomic E-state index is 6.29. The third kappa shape index (κ3) is 5.09. The molecule has 0 saturated heterocycles. The molecule has 4 aromatic carbocycles. The van der Waals surface area contributed by atoms with Crippen LogP contribution in [0.25, 0.3) is 21.5 Å². The number of methoxy groups -OCH3 is 2. The van der Waals surface area contributed by atoms with E-state index in [0.717, 1.165) is 28.9 Å². The van der Waals surface area contributed by atoms with Crippen molar-refractivity contribution in [3.63, 3.8) is 0 Å². The number of rotatable bonds is 7. The third-order valence-electron chi connectivity index (χ3n) is 5.43. The van der Waals surface area contributed by atoms with E-state index in [4.69, 9.17) is 15.2 Å². The number of fused-ring (bicyclic) bond motifs is 2. The van der Waals surface area contributed by atoms with E-state index in [1.807, 2.05) is 12.1 Å². The molecule has 0 aliphatic carbocycles. The van der Waals surface area contributed by atoms with Gasteiger partial charge in [-0.3, -0.25) is 4.99 Å². The van der Waals surface area contributed by atoms with E-state index >= 15 is 0 Å². The molecule has 0 fully saturated rings. The molecule has 0 amide bonds. The van der Waals surface area contributed by atoms with Crippen LogP contribution in [0.4, 0.5) is 0 Å². The van der Waals surface area contributed by atoms with E-state index < -0.39 is 0 Å².